The van der Waals surface area contributed by atoms with Crippen molar-refractivity contribution in [1.29, 1.82) is 0 Å². The summed E-state index contributed by atoms with van der Waals surface area (Å²) in [4.78, 5) is 10.9. The van der Waals surface area contributed by atoms with Crippen LogP contribution in [0.25, 0.3) is 0 Å². The molecule has 0 aromatic heterocycles. The SMILES string of the molecule is O=C(O)C1CCC(NCCSCc2ccccc2)CC1. The minimum atomic E-state index is -0.623. The third-order valence-corrected chi connectivity index (χ3v) is 4.90. The van der Waals surface area contributed by atoms with E-state index in [0.29, 0.717) is 6.04 Å². The summed E-state index contributed by atoms with van der Waals surface area (Å²) >= 11 is 1.94. The molecule has 110 valence electrons. The summed E-state index contributed by atoms with van der Waals surface area (Å²) in [6, 6.07) is 11.0. The molecule has 3 nitrogen and oxygen atoms in total. The van der Waals surface area contributed by atoms with Crippen LogP contribution >= 0.6 is 11.8 Å². The highest BCUT2D eigenvalue weighted by atomic mass is 32.2. The van der Waals surface area contributed by atoms with Crippen molar-refractivity contribution < 1.29 is 9.90 Å². The Balaban J connectivity index is 1.53. The third kappa shape index (κ3) is 5.17. The molecule has 0 aliphatic heterocycles. The van der Waals surface area contributed by atoms with Gasteiger partial charge in [0.15, 0.2) is 0 Å². The average Bonchev–Trinajstić information content (AvgIpc) is 2.48. The highest BCUT2D eigenvalue weighted by Crippen LogP contribution is 2.24. The fraction of sp³-hybridized carbons (Fsp3) is 0.562. The molecule has 0 heterocycles. The van der Waals surface area contributed by atoms with E-state index in [1.165, 1.54) is 5.56 Å². The molecule has 0 amide bonds. The first-order valence-electron chi connectivity index (χ1n) is 7.33. The molecule has 1 aliphatic carbocycles. The number of carboxylic acid groups (broad SMARTS) is 1. The quantitative estimate of drug-likeness (QED) is 0.758. The Morgan fingerprint density at radius 3 is 2.55 bits per heavy atom. The second-order valence-corrected chi connectivity index (χ2v) is 6.48. The van der Waals surface area contributed by atoms with Gasteiger partial charge in [0.25, 0.3) is 0 Å². The normalized spacial score (nSPS) is 22.6. The number of carboxylic acids is 1. The lowest BCUT2D eigenvalue weighted by Crippen LogP contribution is -2.36. The van der Waals surface area contributed by atoms with Gasteiger partial charge >= 0.3 is 5.97 Å². The minimum Gasteiger partial charge on any atom is -0.481 e. The maximum atomic E-state index is 10.9. The number of aliphatic carboxylic acids is 1. The molecule has 0 radical (unpaired) electrons. The number of nitrogens with one attached hydrogen (secondary N) is 1. The molecular weight excluding hydrogens is 270 g/mol. The smallest absolute Gasteiger partial charge is 0.306 e. The van der Waals surface area contributed by atoms with Crippen molar-refractivity contribution in [2.75, 3.05) is 12.3 Å². The molecule has 1 aliphatic rings. The predicted octanol–water partition coefficient (Wildman–Crippen LogP) is 3.15. The van der Waals surface area contributed by atoms with E-state index in [9.17, 15) is 4.79 Å². The number of rotatable bonds is 7. The number of carbonyl (C=O) groups is 1. The zero-order valence-electron chi connectivity index (χ0n) is 11.8. The van der Waals surface area contributed by atoms with Crippen LogP contribution in [0.1, 0.15) is 31.2 Å². The summed E-state index contributed by atoms with van der Waals surface area (Å²) in [7, 11) is 0. The molecule has 1 aromatic carbocycles. The standard InChI is InChI=1S/C16H23NO2S/c18-16(19)14-6-8-15(9-7-14)17-10-11-20-12-13-4-2-1-3-5-13/h1-5,14-15,17H,6-12H2,(H,18,19). The minimum absolute atomic E-state index is 0.111. The molecule has 4 heteroatoms. The topological polar surface area (TPSA) is 49.3 Å². The zero-order valence-corrected chi connectivity index (χ0v) is 12.6. The molecular formula is C16H23NO2S. The van der Waals surface area contributed by atoms with Crippen LogP contribution in [-0.4, -0.2) is 29.4 Å². The van der Waals surface area contributed by atoms with Crippen molar-refractivity contribution in [3.05, 3.63) is 35.9 Å². The van der Waals surface area contributed by atoms with Crippen LogP contribution in [0.15, 0.2) is 30.3 Å². The first kappa shape index (κ1) is 15.4. The summed E-state index contributed by atoms with van der Waals surface area (Å²) < 4.78 is 0. The van der Waals surface area contributed by atoms with E-state index in [1.807, 2.05) is 17.8 Å². The Bertz CT molecular complexity index is 402. The molecule has 0 saturated heterocycles. The highest BCUT2D eigenvalue weighted by Gasteiger charge is 2.25. The van der Waals surface area contributed by atoms with E-state index >= 15 is 0 Å². The van der Waals surface area contributed by atoms with Crippen molar-refractivity contribution in [3.63, 3.8) is 0 Å². The lowest BCUT2D eigenvalue weighted by molar-refractivity contribution is -0.142. The molecule has 2 N–H and O–H groups in total. The molecule has 1 aromatic rings. The van der Waals surface area contributed by atoms with Gasteiger partial charge in [0.2, 0.25) is 0 Å². The first-order chi connectivity index (χ1) is 9.75. The van der Waals surface area contributed by atoms with Gasteiger partial charge in [-0.15, -0.1) is 0 Å². The van der Waals surface area contributed by atoms with Crippen molar-refractivity contribution in [3.8, 4) is 0 Å². The van der Waals surface area contributed by atoms with Gasteiger partial charge in [-0.3, -0.25) is 4.79 Å². The van der Waals surface area contributed by atoms with Crippen molar-refractivity contribution in [2.24, 2.45) is 5.92 Å². The van der Waals surface area contributed by atoms with Gasteiger partial charge in [-0.25, -0.2) is 0 Å². The van der Waals surface area contributed by atoms with Crippen molar-refractivity contribution in [2.45, 2.75) is 37.5 Å². The van der Waals surface area contributed by atoms with E-state index in [0.717, 1.165) is 43.7 Å². The highest BCUT2D eigenvalue weighted by molar-refractivity contribution is 7.98. The van der Waals surface area contributed by atoms with Crippen LogP contribution in [0.2, 0.25) is 0 Å². The number of hydrogen-bond donors (Lipinski definition) is 2. The Kier molecular flexibility index (Phi) is 6.40. The van der Waals surface area contributed by atoms with Gasteiger partial charge in [-0.05, 0) is 31.2 Å². The third-order valence-electron chi connectivity index (χ3n) is 3.87. The molecule has 2 rings (SSSR count). The fourth-order valence-corrected chi connectivity index (χ4v) is 3.48. The molecule has 0 spiro atoms. The molecule has 1 saturated carbocycles. The second-order valence-electron chi connectivity index (χ2n) is 5.38. The largest absolute Gasteiger partial charge is 0.481 e. The maximum absolute atomic E-state index is 10.9. The summed E-state index contributed by atoms with van der Waals surface area (Å²) in [5.41, 5.74) is 1.37. The second kappa shape index (κ2) is 8.32. The van der Waals surface area contributed by atoms with Crippen LogP contribution in [0.5, 0.6) is 0 Å². The maximum Gasteiger partial charge on any atom is 0.306 e. The van der Waals surface area contributed by atoms with Gasteiger partial charge in [0.1, 0.15) is 0 Å². The Morgan fingerprint density at radius 1 is 1.20 bits per heavy atom. The van der Waals surface area contributed by atoms with Crippen molar-refractivity contribution >= 4 is 17.7 Å². The van der Waals surface area contributed by atoms with E-state index in [4.69, 9.17) is 5.11 Å². The molecule has 1 fully saturated rings. The number of thioether (sulfide) groups is 1. The van der Waals surface area contributed by atoms with Crippen molar-refractivity contribution in [1.82, 2.24) is 5.32 Å². The lowest BCUT2D eigenvalue weighted by atomic mass is 9.86. The van der Waals surface area contributed by atoms with Crippen LogP contribution in [0.3, 0.4) is 0 Å². The molecule has 0 atom stereocenters. The van der Waals surface area contributed by atoms with E-state index in [1.54, 1.807) is 0 Å². The fourth-order valence-electron chi connectivity index (χ4n) is 2.64. The molecule has 20 heavy (non-hydrogen) atoms. The number of benzene rings is 1. The monoisotopic (exact) mass is 293 g/mol. The average molecular weight is 293 g/mol. The van der Waals surface area contributed by atoms with Gasteiger partial charge in [0.05, 0.1) is 5.92 Å². The van der Waals surface area contributed by atoms with Crippen LogP contribution in [-0.2, 0) is 10.5 Å². The summed E-state index contributed by atoms with van der Waals surface area (Å²) in [5, 5.41) is 12.5. The number of hydrogen-bond acceptors (Lipinski definition) is 3. The van der Waals surface area contributed by atoms with E-state index in [-0.39, 0.29) is 5.92 Å². The van der Waals surface area contributed by atoms with Gasteiger partial charge < -0.3 is 10.4 Å². The summed E-state index contributed by atoms with van der Waals surface area (Å²) in [5.74, 6) is 1.43. The Labute approximate surface area is 125 Å². The molecule has 0 unspecified atom stereocenters. The lowest BCUT2D eigenvalue weighted by Gasteiger charge is -2.26. The van der Waals surface area contributed by atoms with Gasteiger partial charge in [-0.2, -0.15) is 11.8 Å². The van der Waals surface area contributed by atoms with Crippen LogP contribution in [0, 0.1) is 5.92 Å². The zero-order chi connectivity index (χ0) is 14.2. The Morgan fingerprint density at radius 2 is 1.90 bits per heavy atom. The summed E-state index contributed by atoms with van der Waals surface area (Å²) in [6.45, 7) is 1.01. The first-order valence-corrected chi connectivity index (χ1v) is 8.49. The predicted molar refractivity (Wildman–Crippen MR) is 84.0 cm³/mol. The Hall–Kier alpha value is -1.00. The molecule has 0 bridgehead atoms. The van der Waals surface area contributed by atoms with Crippen LogP contribution < -0.4 is 5.32 Å². The van der Waals surface area contributed by atoms with Gasteiger partial charge in [0, 0.05) is 24.1 Å². The van der Waals surface area contributed by atoms with E-state index in [2.05, 4.69) is 29.6 Å². The van der Waals surface area contributed by atoms with Gasteiger partial charge in [-0.1, -0.05) is 30.3 Å². The summed E-state index contributed by atoms with van der Waals surface area (Å²) in [6.07, 6.45) is 3.65. The van der Waals surface area contributed by atoms with Crippen LogP contribution in [0.4, 0.5) is 0 Å². The van der Waals surface area contributed by atoms with E-state index < -0.39 is 5.97 Å².